The Kier molecular flexibility index (Phi) is 5.13. The van der Waals surface area contributed by atoms with E-state index in [0.29, 0.717) is 6.04 Å². The van der Waals surface area contributed by atoms with Crippen molar-refractivity contribution in [3.8, 4) is 0 Å². The minimum Gasteiger partial charge on any atom is -0.313 e. The van der Waals surface area contributed by atoms with Crippen molar-refractivity contribution in [2.24, 2.45) is 7.05 Å². The molecule has 2 rings (SSSR count). The summed E-state index contributed by atoms with van der Waals surface area (Å²) in [5.41, 5.74) is 0. The van der Waals surface area contributed by atoms with E-state index in [1.807, 2.05) is 7.05 Å². The van der Waals surface area contributed by atoms with Gasteiger partial charge in [0.1, 0.15) is 6.33 Å². The molecule has 18 heavy (non-hydrogen) atoms. The summed E-state index contributed by atoms with van der Waals surface area (Å²) in [5, 5.41) is 7.94. The second-order valence-electron chi connectivity index (χ2n) is 5.10. The Morgan fingerprint density at radius 3 is 3.00 bits per heavy atom. The molecule has 2 heterocycles. The molecule has 5 nitrogen and oxygen atoms in total. The second kappa shape index (κ2) is 6.85. The first-order valence-corrected chi connectivity index (χ1v) is 7.08. The maximum atomic E-state index is 4.29. The fourth-order valence-corrected chi connectivity index (χ4v) is 2.56. The molecule has 1 aromatic heterocycles. The third-order valence-corrected chi connectivity index (χ3v) is 3.70. The van der Waals surface area contributed by atoms with E-state index in [1.165, 1.54) is 38.9 Å². The predicted octanol–water partition coefficient (Wildman–Crippen LogP) is 0.822. The fraction of sp³-hybridized carbons (Fsp3) is 0.846. The van der Waals surface area contributed by atoms with Gasteiger partial charge < -0.3 is 10.2 Å². The van der Waals surface area contributed by atoms with Crippen LogP contribution in [0.15, 0.2) is 6.33 Å². The lowest BCUT2D eigenvalue weighted by molar-refractivity contribution is 0.297. The topological polar surface area (TPSA) is 46.0 Å². The fourth-order valence-electron chi connectivity index (χ4n) is 2.56. The summed E-state index contributed by atoms with van der Waals surface area (Å²) in [5.74, 6) is 0.939. The van der Waals surface area contributed by atoms with Crippen LogP contribution in [0.5, 0.6) is 0 Å². The monoisotopic (exact) mass is 251 g/mol. The van der Waals surface area contributed by atoms with Crippen molar-refractivity contribution in [2.75, 3.05) is 26.2 Å². The SMILES string of the molecule is CCN1CCCC(NCCc2ncn(C)n2)CC1. The van der Waals surface area contributed by atoms with Crippen LogP contribution in [-0.2, 0) is 13.5 Å². The number of aromatic nitrogens is 3. The van der Waals surface area contributed by atoms with Crippen LogP contribution in [0.2, 0.25) is 0 Å². The van der Waals surface area contributed by atoms with E-state index in [-0.39, 0.29) is 0 Å². The number of hydrogen-bond donors (Lipinski definition) is 1. The first kappa shape index (κ1) is 13.5. The molecule has 1 N–H and O–H groups in total. The van der Waals surface area contributed by atoms with Crippen LogP contribution in [0.4, 0.5) is 0 Å². The van der Waals surface area contributed by atoms with Gasteiger partial charge in [-0.1, -0.05) is 6.92 Å². The summed E-state index contributed by atoms with van der Waals surface area (Å²) in [4.78, 5) is 6.79. The van der Waals surface area contributed by atoms with Gasteiger partial charge in [-0.05, 0) is 38.9 Å². The van der Waals surface area contributed by atoms with Gasteiger partial charge in [-0.2, -0.15) is 5.10 Å². The Balaban J connectivity index is 1.67. The highest BCUT2D eigenvalue weighted by atomic mass is 15.3. The Bertz CT molecular complexity index is 349. The maximum absolute atomic E-state index is 4.29. The molecule has 0 spiro atoms. The van der Waals surface area contributed by atoms with E-state index < -0.39 is 0 Å². The van der Waals surface area contributed by atoms with Crippen LogP contribution < -0.4 is 5.32 Å². The van der Waals surface area contributed by atoms with Crippen LogP contribution >= 0.6 is 0 Å². The molecular formula is C13H25N5. The second-order valence-corrected chi connectivity index (χ2v) is 5.10. The Morgan fingerprint density at radius 2 is 2.28 bits per heavy atom. The molecule has 0 aliphatic carbocycles. The minimum absolute atomic E-state index is 0.672. The van der Waals surface area contributed by atoms with E-state index >= 15 is 0 Å². The largest absolute Gasteiger partial charge is 0.313 e. The van der Waals surface area contributed by atoms with Crippen molar-refractivity contribution in [3.05, 3.63) is 12.2 Å². The molecule has 1 aliphatic rings. The molecule has 0 radical (unpaired) electrons. The highest BCUT2D eigenvalue weighted by Gasteiger charge is 2.15. The lowest BCUT2D eigenvalue weighted by Crippen LogP contribution is -2.32. The molecule has 0 bridgehead atoms. The van der Waals surface area contributed by atoms with E-state index in [1.54, 1.807) is 11.0 Å². The third kappa shape index (κ3) is 4.07. The van der Waals surface area contributed by atoms with Crippen LogP contribution in [0.1, 0.15) is 32.0 Å². The van der Waals surface area contributed by atoms with Gasteiger partial charge in [-0.15, -0.1) is 0 Å². The Morgan fingerprint density at radius 1 is 1.39 bits per heavy atom. The lowest BCUT2D eigenvalue weighted by atomic mass is 10.1. The zero-order valence-electron chi connectivity index (χ0n) is 11.6. The van der Waals surface area contributed by atoms with Gasteiger partial charge in [0.25, 0.3) is 0 Å². The zero-order valence-corrected chi connectivity index (χ0v) is 11.6. The van der Waals surface area contributed by atoms with Gasteiger partial charge in [0.2, 0.25) is 0 Å². The molecule has 1 fully saturated rings. The van der Waals surface area contributed by atoms with Crippen molar-refractivity contribution in [1.82, 2.24) is 25.0 Å². The van der Waals surface area contributed by atoms with Gasteiger partial charge in [0.15, 0.2) is 5.82 Å². The average molecular weight is 251 g/mol. The van der Waals surface area contributed by atoms with E-state index in [2.05, 4.69) is 27.2 Å². The van der Waals surface area contributed by atoms with Gasteiger partial charge >= 0.3 is 0 Å². The number of rotatable bonds is 5. The standard InChI is InChI=1S/C13H25N5/c1-3-18-9-4-5-12(7-10-18)14-8-6-13-15-11-17(2)16-13/h11-12,14H,3-10H2,1-2H3. The first-order chi connectivity index (χ1) is 8.78. The van der Waals surface area contributed by atoms with Gasteiger partial charge in [0.05, 0.1) is 0 Å². The van der Waals surface area contributed by atoms with Gasteiger partial charge in [0, 0.05) is 26.1 Å². The van der Waals surface area contributed by atoms with Crippen LogP contribution in [0, 0.1) is 0 Å². The van der Waals surface area contributed by atoms with E-state index in [9.17, 15) is 0 Å². The number of hydrogen-bond acceptors (Lipinski definition) is 4. The molecule has 102 valence electrons. The quantitative estimate of drug-likeness (QED) is 0.841. The van der Waals surface area contributed by atoms with Crippen molar-refractivity contribution in [3.63, 3.8) is 0 Å². The molecule has 1 saturated heterocycles. The summed E-state index contributed by atoms with van der Waals surface area (Å²) in [6.45, 7) is 6.92. The van der Waals surface area contributed by atoms with Crippen molar-refractivity contribution in [1.29, 1.82) is 0 Å². The number of aryl methyl sites for hydroxylation is 1. The summed E-state index contributed by atoms with van der Waals surface area (Å²) < 4.78 is 1.76. The molecule has 1 aliphatic heterocycles. The summed E-state index contributed by atoms with van der Waals surface area (Å²) in [7, 11) is 1.91. The Hall–Kier alpha value is -0.940. The zero-order chi connectivity index (χ0) is 12.8. The van der Waals surface area contributed by atoms with Crippen molar-refractivity contribution in [2.45, 2.75) is 38.6 Å². The summed E-state index contributed by atoms with van der Waals surface area (Å²) >= 11 is 0. The highest BCUT2D eigenvalue weighted by Crippen LogP contribution is 2.10. The molecule has 1 aromatic rings. The predicted molar refractivity (Wildman–Crippen MR) is 72.5 cm³/mol. The smallest absolute Gasteiger partial charge is 0.151 e. The third-order valence-electron chi connectivity index (χ3n) is 3.70. The van der Waals surface area contributed by atoms with Gasteiger partial charge in [-0.3, -0.25) is 4.68 Å². The van der Waals surface area contributed by atoms with Crippen LogP contribution in [0.25, 0.3) is 0 Å². The van der Waals surface area contributed by atoms with Crippen molar-refractivity contribution < 1.29 is 0 Å². The van der Waals surface area contributed by atoms with Crippen LogP contribution in [-0.4, -0.2) is 51.9 Å². The Labute approximate surface area is 110 Å². The minimum atomic E-state index is 0.672. The van der Waals surface area contributed by atoms with E-state index in [0.717, 1.165) is 18.8 Å². The van der Waals surface area contributed by atoms with Gasteiger partial charge in [-0.25, -0.2) is 4.98 Å². The first-order valence-electron chi connectivity index (χ1n) is 7.08. The number of nitrogens with zero attached hydrogens (tertiary/aromatic N) is 4. The highest BCUT2D eigenvalue weighted by molar-refractivity contribution is 4.83. The summed E-state index contributed by atoms with van der Waals surface area (Å²) in [6.07, 6.45) is 6.57. The molecule has 1 unspecified atom stereocenters. The molecule has 1 atom stereocenters. The van der Waals surface area contributed by atoms with E-state index in [4.69, 9.17) is 0 Å². The summed E-state index contributed by atoms with van der Waals surface area (Å²) in [6, 6.07) is 0.672. The molecular weight excluding hydrogens is 226 g/mol. The van der Waals surface area contributed by atoms with Crippen LogP contribution in [0.3, 0.4) is 0 Å². The van der Waals surface area contributed by atoms with Crippen molar-refractivity contribution >= 4 is 0 Å². The maximum Gasteiger partial charge on any atom is 0.151 e. The molecule has 0 aromatic carbocycles. The average Bonchev–Trinajstić information content (AvgIpc) is 2.65. The lowest BCUT2D eigenvalue weighted by Gasteiger charge is -2.18. The number of nitrogens with one attached hydrogen (secondary N) is 1. The molecule has 0 amide bonds. The number of likely N-dealkylation sites (tertiary alicyclic amines) is 1. The molecule has 0 saturated carbocycles. The normalized spacial score (nSPS) is 22.0. The molecule has 5 heteroatoms.